The largest absolute Gasteiger partial charge is 0.468 e. The van der Waals surface area contributed by atoms with E-state index < -0.39 is 27.9 Å². The second kappa shape index (κ2) is 11.0. The van der Waals surface area contributed by atoms with E-state index in [4.69, 9.17) is 9.47 Å². The molecule has 0 N–H and O–H groups in total. The summed E-state index contributed by atoms with van der Waals surface area (Å²) in [6.45, 7) is 2.26. The first kappa shape index (κ1) is 26.2. The number of nitrogens with zero attached hydrogens (tertiary/aromatic N) is 3. The summed E-state index contributed by atoms with van der Waals surface area (Å²) < 4.78 is 39.3. The Kier molecular flexibility index (Phi) is 8.03. The van der Waals surface area contributed by atoms with Gasteiger partial charge in [-0.05, 0) is 49.4 Å². The summed E-state index contributed by atoms with van der Waals surface area (Å²) in [6.07, 6.45) is 0.698. The van der Waals surface area contributed by atoms with Crippen molar-refractivity contribution in [3.8, 4) is 0 Å². The van der Waals surface area contributed by atoms with Gasteiger partial charge in [-0.3, -0.25) is 9.59 Å². The Morgan fingerprint density at radius 3 is 2.56 bits per heavy atom. The fourth-order valence-corrected chi connectivity index (χ4v) is 7.60. The number of fused-ring (bicyclic) bond motifs is 1. The first-order valence-corrected chi connectivity index (χ1v) is 14.4. The van der Waals surface area contributed by atoms with Gasteiger partial charge in [-0.1, -0.05) is 17.4 Å². The molecule has 1 aromatic carbocycles. The van der Waals surface area contributed by atoms with Crippen LogP contribution in [0.5, 0.6) is 0 Å². The van der Waals surface area contributed by atoms with E-state index in [0.717, 1.165) is 11.3 Å². The minimum atomic E-state index is -3.56. The van der Waals surface area contributed by atoms with Crippen molar-refractivity contribution in [1.29, 1.82) is 0 Å². The van der Waals surface area contributed by atoms with Crippen LogP contribution in [-0.4, -0.2) is 61.9 Å². The molecule has 4 rings (SSSR count). The second-order valence-corrected chi connectivity index (χ2v) is 12.1. The molecule has 1 amide bonds. The van der Waals surface area contributed by atoms with Gasteiger partial charge in [0.05, 0.1) is 29.5 Å². The number of piperidine rings is 1. The highest BCUT2D eigenvalue weighted by molar-refractivity contribution is 7.91. The monoisotopic (exact) mass is 551 g/mol. The summed E-state index contributed by atoms with van der Waals surface area (Å²) in [6, 6.07) is 8.18. The van der Waals surface area contributed by atoms with Crippen LogP contribution in [0.2, 0.25) is 0 Å². The molecule has 1 saturated heterocycles. The molecule has 0 spiro atoms. The highest BCUT2D eigenvalue weighted by atomic mass is 32.2. The summed E-state index contributed by atoms with van der Waals surface area (Å²) in [4.78, 5) is 41.9. The van der Waals surface area contributed by atoms with Crippen LogP contribution in [0.25, 0.3) is 10.2 Å². The van der Waals surface area contributed by atoms with Crippen LogP contribution in [0, 0.1) is 5.92 Å². The van der Waals surface area contributed by atoms with E-state index in [1.807, 2.05) is 0 Å². The lowest BCUT2D eigenvalue weighted by Crippen LogP contribution is -2.40. The summed E-state index contributed by atoms with van der Waals surface area (Å²) in [5.41, 5.74) is 0.981. The number of sulfonamides is 1. The summed E-state index contributed by atoms with van der Waals surface area (Å²) in [5, 5.41) is 1.71. The molecule has 2 aromatic heterocycles. The summed E-state index contributed by atoms with van der Waals surface area (Å²) >= 11 is 2.34. The first-order chi connectivity index (χ1) is 17.2. The molecule has 0 aliphatic carbocycles. The van der Waals surface area contributed by atoms with Crippen molar-refractivity contribution >= 4 is 60.8 Å². The predicted octanol–water partition coefficient (Wildman–Crippen LogP) is 2.64. The van der Waals surface area contributed by atoms with Gasteiger partial charge < -0.3 is 14.0 Å². The molecule has 10 nitrogen and oxygen atoms in total. The number of thiophene rings is 1. The maximum atomic E-state index is 13.1. The van der Waals surface area contributed by atoms with Gasteiger partial charge in [-0.25, -0.2) is 13.2 Å². The molecule has 1 aliphatic heterocycles. The van der Waals surface area contributed by atoms with E-state index in [0.29, 0.717) is 33.4 Å². The molecule has 0 saturated carbocycles. The van der Waals surface area contributed by atoms with Crippen LogP contribution in [0.15, 0.2) is 44.9 Å². The molecule has 0 atom stereocenters. The van der Waals surface area contributed by atoms with Crippen molar-refractivity contribution in [2.24, 2.45) is 10.9 Å². The second-order valence-electron chi connectivity index (χ2n) is 8.01. The molecular formula is C23H25N3O7S3. The summed E-state index contributed by atoms with van der Waals surface area (Å²) in [5.74, 6) is -1.79. The zero-order chi connectivity index (χ0) is 25.9. The number of benzene rings is 1. The highest BCUT2D eigenvalue weighted by Crippen LogP contribution is 2.27. The number of ether oxygens (including phenoxy) is 2. The number of thiazole rings is 1. The number of hydrogen-bond acceptors (Lipinski definition) is 9. The third kappa shape index (κ3) is 5.43. The van der Waals surface area contributed by atoms with Crippen LogP contribution in [0.1, 0.15) is 30.1 Å². The minimum absolute atomic E-state index is 0.154. The molecular weight excluding hydrogens is 526 g/mol. The predicted molar refractivity (Wildman–Crippen MR) is 134 cm³/mol. The number of hydrogen-bond donors (Lipinski definition) is 0. The lowest BCUT2D eigenvalue weighted by atomic mass is 9.98. The van der Waals surface area contributed by atoms with Crippen molar-refractivity contribution in [3.63, 3.8) is 0 Å². The number of esters is 2. The molecule has 0 radical (unpaired) electrons. The lowest BCUT2D eigenvalue weighted by Gasteiger charge is -2.29. The van der Waals surface area contributed by atoms with Crippen molar-refractivity contribution < 1.29 is 32.3 Å². The lowest BCUT2D eigenvalue weighted by molar-refractivity contribution is -0.141. The quantitative estimate of drug-likeness (QED) is 0.414. The van der Waals surface area contributed by atoms with Crippen molar-refractivity contribution in [3.05, 3.63) is 46.1 Å². The number of methoxy groups -OCH3 is 1. The van der Waals surface area contributed by atoms with Crippen molar-refractivity contribution in [2.45, 2.75) is 30.5 Å². The van der Waals surface area contributed by atoms with Crippen LogP contribution >= 0.6 is 22.7 Å². The van der Waals surface area contributed by atoms with E-state index in [-0.39, 0.29) is 36.4 Å². The smallest absolute Gasteiger partial charge is 0.338 e. The van der Waals surface area contributed by atoms with Gasteiger partial charge in [-0.15, -0.1) is 11.3 Å². The number of rotatable bonds is 7. The average molecular weight is 552 g/mol. The zero-order valence-corrected chi connectivity index (χ0v) is 22.2. The van der Waals surface area contributed by atoms with E-state index in [9.17, 15) is 22.8 Å². The van der Waals surface area contributed by atoms with Gasteiger partial charge in [-0.2, -0.15) is 9.30 Å². The number of aromatic nitrogens is 1. The van der Waals surface area contributed by atoms with Gasteiger partial charge in [0.1, 0.15) is 10.8 Å². The fraction of sp³-hybridized carbons (Fsp3) is 0.391. The molecule has 3 heterocycles. The van der Waals surface area contributed by atoms with Crippen molar-refractivity contribution in [1.82, 2.24) is 8.87 Å². The molecule has 1 fully saturated rings. The number of amides is 1. The molecule has 13 heteroatoms. The Bertz CT molecular complexity index is 1450. The standard InChI is InChI=1S/C23H25N3O7S3/c1-3-33-22(29)16-6-7-17-18(13-16)35-23(26(17)14-19(27)32-2)24-21(28)15-8-10-25(11-9-15)36(30,31)20-5-4-12-34-20/h4-7,12-13,15H,3,8-11,14H2,1-2H3. The molecule has 0 bridgehead atoms. The van der Waals surface area contributed by atoms with Crippen LogP contribution in [-0.2, 0) is 35.6 Å². The van der Waals surface area contributed by atoms with Crippen molar-refractivity contribution in [2.75, 3.05) is 26.8 Å². The van der Waals surface area contributed by atoms with Gasteiger partial charge in [0.25, 0.3) is 15.9 Å². The Morgan fingerprint density at radius 1 is 1.17 bits per heavy atom. The Morgan fingerprint density at radius 2 is 1.92 bits per heavy atom. The molecule has 0 unspecified atom stereocenters. The third-order valence-corrected chi connectivity index (χ3v) is 10.1. The van der Waals surface area contributed by atoms with Gasteiger partial charge in [0.15, 0.2) is 4.80 Å². The normalized spacial score (nSPS) is 15.8. The topological polar surface area (TPSA) is 124 Å². The van der Waals surface area contributed by atoms with Crippen LogP contribution in [0.4, 0.5) is 0 Å². The number of carbonyl (C=O) groups is 3. The van der Waals surface area contributed by atoms with E-state index in [1.165, 1.54) is 22.8 Å². The SMILES string of the molecule is CCOC(=O)c1ccc2c(c1)sc(=NC(=O)C1CCN(S(=O)(=O)c3cccs3)CC1)n2CC(=O)OC. The van der Waals surface area contributed by atoms with Gasteiger partial charge in [0.2, 0.25) is 0 Å². The Balaban J connectivity index is 1.59. The zero-order valence-electron chi connectivity index (χ0n) is 19.7. The molecule has 192 valence electrons. The Labute approximate surface area is 215 Å². The minimum Gasteiger partial charge on any atom is -0.468 e. The van der Waals surface area contributed by atoms with Crippen LogP contribution < -0.4 is 4.80 Å². The van der Waals surface area contributed by atoms with E-state index in [2.05, 4.69) is 4.99 Å². The average Bonchev–Trinajstić information content (AvgIpc) is 3.53. The molecule has 1 aliphatic rings. The van der Waals surface area contributed by atoms with Gasteiger partial charge >= 0.3 is 11.9 Å². The van der Waals surface area contributed by atoms with Crippen LogP contribution in [0.3, 0.4) is 0 Å². The Hall–Kier alpha value is -2.87. The van der Waals surface area contributed by atoms with E-state index in [1.54, 1.807) is 47.2 Å². The molecule has 36 heavy (non-hydrogen) atoms. The molecule has 3 aromatic rings. The fourth-order valence-electron chi connectivity index (χ4n) is 3.91. The first-order valence-electron chi connectivity index (χ1n) is 11.2. The summed E-state index contributed by atoms with van der Waals surface area (Å²) in [7, 11) is -2.29. The third-order valence-electron chi connectivity index (χ3n) is 5.81. The van der Waals surface area contributed by atoms with E-state index >= 15 is 0 Å². The highest BCUT2D eigenvalue weighted by Gasteiger charge is 2.32. The maximum Gasteiger partial charge on any atom is 0.338 e. The van der Waals surface area contributed by atoms with Gasteiger partial charge in [0, 0.05) is 19.0 Å². The number of carbonyl (C=O) groups excluding carboxylic acids is 3. The maximum absolute atomic E-state index is 13.1.